The Morgan fingerprint density at radius 2 is 1.84 bits per heavy atom. The maximum absolute atomic E-state index is 13.3. The summed E-state index contributed by atoms with van der Waals surface area (Å²) in [5.74, 6) is 0. The van der Waals surface area contributed by atoms with Gasteiger partial charge in [-0.3, -0.25) is 4.98 Å². The van der Waals surface area contributed by atoms with Crippen molar-refractivity contribution >= 4 is 16.1 Å². The van der Waals surface area contributed by atoms with Crippen molar-refractivity contribution in [3.63, 3.8) is 0 Å². The standard InChI is InChI=1S/C23H27N3O4S/c1-17-10-11-20(15-24-17)31(28,29)26-16-18(12-13-30-22(27)25-23(2,3)4)14-21(26)19-8-6-5-7-9-19/h5-11,14-16H,12-13H2,1-4H3,(H,25,27). The van der Waals surface area contributed by atoms with E-state index in [9.17, 15) is 13.2 Å². The summed E-state index contributed by atoms with van der Waals surface area (Å²) in [6.45, 7) is 7.53. The third kappa shape index (κ3) is 5.73. The van der Waals surface area contributed by atoms with E-state index in [4.69, 9.17) is 4.74 Å². The van der Waals surface area contributed by atoms with Crippen LogP contribution in [0.1, 0.15) is 32.0 Å². The van der Waals surface area contributed by atoms with Crippen molar-refractivity contribution < 1.29 is 17.9 Å². The molecule has 0 atom stereocenters. The zero-order valence-corrected chi connectivity index (χ0v) is 18.9. The summed E-state index contributed by atoms with van der Waals surface area (Å²) in [6.07, 6.45) is 2.81. The van der Waals surface area contributed by atoms with Gasteiger partial charge in [-0.05, 0) is 57.0 Å². The van der Waals surface area contributed by atoms with Gasteiger partial charge in [-0.1, -0.05) is 30.3 Å². The van der Waals surface area contributed by atoms with E-state index in [-0.39, 0.29) is 11.5 Å². The lowest BCUT2D eigenvalue weighted by atomic mass is 10.1. The molecule has 2 aromatic heterocycles. The number of pyridine rings is 1. The molecule has 1 amide bonds. The highest BCUT2D eigenvalue weighted by molar-refractivity contribution is 7.90. The molecule has 3 rings (SSSR count). The summed E-state index contributed by atoms with van der Waals surface area (Å²) in [7, 11) is -3.85. The smallest absolute Gasteiger partial charge is 0.407 e. The first-order valence-electron chi connectivity index (χ1n) is 9.96. The van der Waals surface area contributed by atoms with E-state index in [0.717, 1.165) is 16.8 Å². The molecule has 0 unspecified atom stereocenters. The maximum atomic E-state index is 13.3. The largest absolute Gasteiger partial charge is 0.449 e. The summed E-state index contributed by atoms with van der Waals surface area (Å²) in [4.78, 5) is 16.1. The Kier molecular flexibility index (Phi) is 6.50. The number of aromatic nitrogens is 2. The van der Waals surface area contributed by atoms with Gasteiger partial charge in [0, 0.05) is 30.0 Å². The minimum absolute atomic E-state index is 0.109. The van der Waals surface area contributed by atoms with Gasteiger partial charge in [0.1, 0.15) is 4.90 Å². The van der Waals surface area contributed by atoms with E-state index in [1.807, 2.05) is 51.1 Å². The molecule has 8 heteroatoms. The highest BCUT2D eigenvalue weighted by Gasteiger charge is 2.22. The Hall–Kier alpha value is -3.13. The van der Waals surface area contributed by atoms with E-state index in [0.29, 0.717) is 12.1 Å². The predicted octanol–water partition coefficient (Wildman–Crippen LogP) is 4.16. The quantitative estimate of drug-likeness (QED) is 0.620. The van der Waals surface area contributed by atoms with Crippen molar-refractivity contribution in [3.8, 4) is 11.3 Å². The second kappa shape index (κ2) is 8.93. The molecule has 1 N–H and O–H groups in total. The number of rotatable bonds is 6. The lowest BCUT2D eigenvalue weighted by Gasteiger charge is -2.19. The monoisotopic (exact) mass is 441 g/mol. The number of amides is 1. The van der Waals surface area contributed by atoms with Crippen LogP contribution in [0.4, 0.5) is 4.79 Å². The fraction of sp³-hybridized carbons (Fsp3) is 0.304. The Balaban J connectivity index is 1.89. The lowest BCUT2D eigenvalue weighted by molar-refractivity contribution is 0.139. The third-order valence-electron chi connectivity index (χ3n) is 4.45. The van der Waals surface area contributed by atoms with E-state index >= 15 is 0 Å². The second-order valence-electron chi connectivity index (χ2n) is 8.30. The zero-order valence-electron chi connectivity index (χ0n) is 18.1. The van der Waals surface area contributed by atoms with Crippen molar-refractivity contribution in [2.24, 2.45) is 0 Å². The SMILES string of the molecule is Cc1ccc(S(=O)(=O)n2cc(CCOC(=O)NC(C)(C)C)cc2-c2ccccc2)cn1. The van der Waals surface area contributed by atoms with Crippen molar-refractivity contribution in [3.05, 3.63) is 72.2 Å². The van der Waals surface area contributed by atoms with Crippen LogP contribution in [0.2, 0.25) is 0 Å². The van der Waals surface area contributed by atoms with Gasteiger partial charge >= 0.3 is 6.09 Å². The van der Waals surface area contributed by atoms with Gasteiger partial charge < -0.3 is 10.1 Å². The minimum atomic E-state index is -3.85. The van der Waals surface area contributed by atoms with Crippen LogP contribution in [-0.4, -0.2) is 35.6 Å². The summed E-state index contributed by atoms with van der Waals surface area (Å²) >= 11 is 0. The number of nitrogens with zero attached hydrogens (tertiary/aromatic N) is 2. The number of nitrogens with one attached hydrogen (secondary N) is 1. The van der Waals surface area contributed by atoms with Crippen molar-refractivity contribution in [2.45, 2.75) is 44.6 Å². The zero-order chi connectivity index (χ0) is 22.6. The first-order chi connectivity index (χ1) is 14.6. The molecule has 0 aliphatic carbocycles. The molecule has 7 nitrogen and oxygen atoms in total. The Bertz CT molecular complexity index is 1150. The molecule has 0 aliphatic heterocycles. The molecular formula is C23H27N3O4S. The number of carbonyl (C=O) groups excluding carboxylic acids is 1. The van der Waals surface area contributed by atoms with Crippen LogP contribution in [0, 0.1) is 6.92 Å². The number of hydrogen-bond acceptors (Lipinski definition) is 5. The van der Waals surface area contributed by atoms with Crippen LogP contribution in [0.15, 0.2) is 65.8 Å². The van der Waals surface area contributed by atoms with E-state index < -0.39 is 21.7 Å². The van der Waals surface area contributed by atoms with Crippen LogP contribution >= 0.6 is 0 Å². The Morgan fingerprint density at radius 3 is 2.45 bits per heavy atom. The predicted molar refractivity (Wildman–Crippen MR) is 119 cm³/mol. The van der Waals surface area contributed by atoms with Gasteiger partial charge in [0.2, 0.25) is 0 Å². The Morgan fingerprint density at radius 1 is 1.13 bits per heavy atom. The number of hydrogen-bond donors (Lipinski definition) is 1. The number of ether oxygens (including phenoxy) is 1. The van der Waals surface area contributed by atoms with E-state index in [2.05, 4.69) is 10.3 Å². The summed E-state index contributed by atoms with van der Waals surface area (Å²) in [5, 5.41) is 2.73. The number of alkyl carbamates (subject to hydrolysis) is 1. The Labute approximate surface area is 183 Å². The highest BCUT2D eigenvalue weighted by Crippen LogP contribution is 2.27. The first kappa shape index (κ1) is 22.6. The van der Waals surface area contributed by atoms with Crippen LogP contribution in [0.5, 0.6) is 0 Å². The first-order valence-corrected chi connectivity index (χ1v) is 11.4. The van der Waals surface area contributed by atoms with Crippen LogP contribution in [0.25, 0.3) is 11.3 Å². The molecule has 164 valence electrons. The lowest BCUT2D eigenvalue weighted by Crippen LogP contribution is -2.41. The van der Waals surface area contributed by atoms with Gasteiger partial charge in [-0.2, -0.15) is 0 Å². The molecule has 0 spiro atoms. The average molecular weight is 442 g/mol. The molecule has 0 saturated carbocycles. The third-order valence-corrected chi connectivity index (χ3v) is 6.11. The molecule has 1 aromatic carbocycles. The van der Waals surface area contributed by atoms with Crippen molar-refractivity contribution in [1.29, 1.82) is 0 Å². The van der Waals surface area contributed by atoms with Gasteiger partial charge in [-0.15, -0.1) is 0 Å². The number of carbonyl (C=O) groups is 1. The van der Waals surface area contributed by atoms with Gasteiger partial charge in [0.05, 0.1) is 12.3 Å². The summed E-state index contributed by atoms with van der Waals surface area (Å²) in [6, 6.07) is 14.3. The molecule has 0 bridgehead atoms. The van der Waals surface area contributed by atoms with Gasteiger partial charge in [-0.25, -0.2) is 17.2 Å². The molecule has 0 saturated heterocycles. The van der Waals surface area contributed by atoms with Gasteiger partial charge in [0.15, 0.2) is 0 Å². The van der Waals surface area contributed by atoms with Crippen LogP contribution in [0.3, 0.4) is 0 Å². The van der Waals surface area contributed by atoms with Crippen LogP contribution < -0.4 is 5.32 Å². The van der Waals surface area contributed by atoms with E-state index in [1.54, 1.807) is 31.3 Å². The fourth-order valence-electron chi connectivity index (χ4n) is 2.98. The average Bonchev–Trinajstić information content (AvgIpc) is 3.13. The second-order valence-corrected chi connectivity index (χ2v) is 10.1. The van der Waals surface area contributed by atoms with E-state index in [1.165, 1.54) is 10.2 Å². The molecule has 0 aliphatic rings. The fourth-order valence-corrected chi connectivity index (χ4v) is 4.32. The summed E-state index contributed by atoms with van der Waals surface area (Å²) in [5.41, 5.74) is 2.39. The molecule has 31 heavy (non-hydrogen) atoms. The van der Waals surface area contributed by atoms with Crippen LogP contribution in [-0.2, 0) is 21.2 Å². The number of benzene rings is 1. The van der Waals surface area contributed by atoms with Gasteiger partial charge in [0.25, 0.3) is 10.0 Å². The molecule has 2 heterocycles. The molecule has 3 aromatic rings. The summed E-state index contributed by atoms with van der Waals surface area (Å²) < 4.78 is 33.1. The minimum Gasteiger partial charge on any atom is -0.449 e. The molecule has 0 radical (unpaired) electrons. The van der Waals surface area contributed by atoms with Crippen molar-refractivity contribution in [2.75, 3.05) is 6.61 Å². The maximum Gasteiger partial charge on any atom is 0.407 e. The molecule has 0 fully saturated rings. The molecular weight excluding hydrogens is 414 g/mol. The van der Waals surface area contributed by atoms with Crippen molar-refractivity contribution in [1.82, 2.24) is 14.3 Å². The normalized spacial score (nSPS) is 11.9. The number of aryl methyl sites for hydroxylation is 1. The topological polar surface area (TPSA) is 90.3 Å². The highest BCUT2D eigenvalue weighted by atomic mass is 32.2.